The van der Waals surface area contributed by atoms with Crippen molar-refractivity contribution in [2.45, 2.75) is 11.9 Å². The van der Waals surface area contributed by atoms with Gasteiger partial charge in [-0.2, -0.15) is 13.2 Å². The van der Waals surface area contributed by atoms with Crippen LogP contribution < -0.4 is 9.42 Å². The quantitative estimate of drug-likeness (QED) is 0.281. The summed E-state index contributed by atoms with van der Waals surface area (Å²) in [6, 6.07) is 19.0. The lowest BCUT2D eigenvalue weighted by atomic mass is 10.1. The molecular formula is C19H17F3N2O4S. The van der Waals surface area contributed by atoms with E-state index in [4.69, 9.17) is 17.7 Å². The third-order valence-corrected chi connectivity index (χ3v) is 5.06. The molecule has 0 unspecified atom stereocenters. The average Bonchev–Trinajstić information content (AvgIpc) is 3.18. The van der Waals surface area contributed by atoms with Gasteiger partial charge in [-0.05, 0) is 24.3 Å². The van der Waals surface area contributed by atoms with E-state index < -0.39 is 15.6 Å². The summed E-state index contributed by atoms with van der Waals surface area (Å²) >= 11 is 0. The van der Waals surface area contributed by atoms with E-state index >= 15 is 0 Å². The number of alkyl halides is 3. The monoisotopic (exact) mass is 426 g/mol. The van der Waals surface area contributed by atoms with Crippen LogP contribution in [0.3, 0.4) is 0 Å². The molecule has 2 heterocycles. The molecule has 29 heavy (non-hydrogen) atoms. The molecule has 1 aliphatic heterocycles. The Balaban J connectivity index is 0.000000258. The van der Waals surface area contributed by atoms with E-state index in [-0.39, 0.29) is 0 Å². The molecule has 1 aliphatic rings. The van der Waals surface area contributed by atoms with Crippen LogP contribution in [0.5, 0.6) is 5.75 Å². The summed E-state index contributed by atoms with van der Waals surface area (Å²) in [5, 5.41) is 0. The Kier molecular flexibility index (Phi) is 5.42. The first-order chi connectivity index (χ1) is 13.5. The number of nitrogens with zero attached hydrogens (tertiary/aromatic N) is 2. The fourth-order valence-electron chi connectivity index (χ4n) is 3.24. The zero-order valence-electron chi connectivity index (χ0n) is 15.5. The summed E-state index contributed by atoms with van der Waals surface area (Å²) in [6.07, 6.45) is 0.917. The van der Waals surface area contributed by atoms with Gasteiger partial charge in [0.2, 0.25) is 5.69 Å². The van der Waals surface area contributed by atoms with Crippen LogP contribution in [-0.2, 0) is 23.6 Å². The largest absolute Gasteiger partial charge is 0.741 e. The molecule has 0 atom stereocenters. The van der Waals surface area contributed by atoms with Crippen molar-refractivity contribution in [3.63, 3.8) is 0 Å². The molecule has 2 aromatic carbocycles. The van der Waals surface area contributed by atoms with Crippen LogP contribution in [0.1, 0.15) is 11.3 Å². The maximum absolute atomic E-state index is 10.7. The lowest BCUT2D eigenvalue weighted by Gasteiger charge is -2.08. The number of rotatable bonds is 2. The van der Waals surface area contributed by atoms with Gasteiger partial charge >= 0.3 is 5.51 Å². The van der Waals surface area contributed by atoms with Gasteiger partial charge in [0.05, 0.1) is 12.8 Å². The van der Waals surface area contributed by atoms with Crippen LogP contribution in [-0.4, -0.2) is 30.3 Å². The number of ether oxygens (including phenoxy) is 1. The molecule has 10 heteroatoms. The highest BCUT2D eigenvalue weighted by molar-refractivity contribution is 7.86. The Labute approximate surface area is 165 Å². The molecule has 0 saturated carbocycles. The van der Waals surface area contributed by atoms with Crippen molar-refractivity contribution in [2.75, 3.05) is 7.11 Å². The predicted octanol–water partition coefficient (Wildman–Crippen LogP) is 2.93. The maximum atomic E-state index is 10.7. The van der Waals surface area contributed by atoms with Gasteiger partial charge in [0.15, 0.2) is 17.2 Å². The van der Waals surface area contributed by atoms with Gasteiger partial charge in [-0.15, -0.1) is 9.36 Å². The number of methoxy groups -OCH3 is 1. The summed E-state index contributed by atoms with van der Waals surface area (Å²) in [5.74, 6) is 0.970. The molecule has 0 saturated heterocycles. The van der Waals surface area contributed by atoms with Gasteiger partial charge in [0.25, 0.3) is 0 Å². The highest BCUT2D eigenvalue weighted by Gasteiger charge is 2.37. The average molecular weight is 426 g/mol. The van der Waals surface area contributed by atoms with Crippen molar-refractivity contribution in [2.24, 2.45) is 7.05 Å². The second kappa shape index (κ2) is 7.53. The Bertz CT molecular complexity index is 1140. The van der Waals surface area contributed by atoms with E-state index in [0.29, 0.717) is 0 Å². The summed E-state index contributed by atoms with van der Waals surface area (Å²) in [7, 11) is -2.24. The Morgan fingerprint density at radius 1 is 1.10 bits per heavy atom. The number of benzene rings is 2. The minimum Gasteiger partial charge on any atom is -0.741 e. The number of aromatic nitrogens is 2. The topological polar surface area (TPSA) is 75.2 Å². The molecule has 0 aliphatic carbocycles. The first-order valence-electron chi connectivity index (χ1n) is 8.39. The fourth-order valence-corrected chi connectivity index (χ4v) is 3.24. The maximum Gasteiger partial charge on any atom is 0.485 e. The molecule has 1 aromatic heterocycles. The van der Waals surface area contributed by atoms with Crippen molar-refractivity contribution < 1.29 is 35.6 Å². The molecule has 4 rings (SSSR count). The number of halogens is 3. The molecule has 0 N–H and O–H groups in total. The molecule has 0 amide bonds. The van der Waals surface area contributed by atoms with E-state index in [9.17, 15) is 13.2 Å². The molecule has 0 spiro atoms. The number of hydrogen-bond acceptors (Lipinski definition) is 4. The minimum atomic E-state index is -6.09. The van der Waals surface area contributed by atoms with Crippen LogP contribution in [0.4, 0.5) is 13.2 Å². The first-order valence-corrected chi connectivity index (χ1v) is 9.80. The lowest BCUT2D eigenvalue weighted by Crippen LogP contribution is -2.39. The Hall–Kier alpha value is -2.85. The van der Waals surface area contributed by atoms with Gasteiger partial charge in [-0.25, -0.2) is 8.42 Å². The highest BCUT2D eigenvalue weighted by atomic mass is 32.2. The highest BCUT2D eigenvalue weighted by Crippen LogP contribution is 2.34. The fraction of sp³-hybridized carbons (Fsp3) is 0.211. The molecule has 6 nitrogen and oxygen atoms in total. The van der Waals surface area contributed by atoms with E-state index in [0.717, 1.165) is 12.2 Å². The zero-order valence-corrected chi connectivity index (χ0v) is 16.3. The molecular weight excluding hydrogens is 409 g/mol. The van der Waals surface area contributed by atoms with E-state index in [1.807, 2.05) is 12.1 Å². The van der Waals surface area contributed by atoms with E-state index in [1.54, 1.807) is 7.11 Å². The van der Waals surface area contributed by atoms with Gasteiger partial charge < -0.3 is 9.29 Å². The summed E-state index contributed by atoms with van der Waals surface area (Å²) in [4.78, 5) is 0. The predicted molar refractivity (Wildman–Crippen MR) is 97.5 cm³/mol. The van der Waals surface area contributed by atoms with Gasteiger partial charge in [0, 0.05) is 23.6 Å². The van der Waals surface area contributed by atoms with Crippen molar-refractivity contribution in [3.05, 3.63) is 65.9 Å². The van der Waals surface area contributed by atoms with Crippen LogP contribution in [0.2, 0.25) is 0 Å². The van der Waals surface area contributed by atoms with Crippen LogP contribution >= 0.6 is 0 Å². The second-order valence-corrected chi connectivity index (χ2v) is 7.63. The Morgan fingerprint density at radius 3 is 2.28 bits per heavy atom. The normalized spacial score (nSPS) is 12.6. The van der Waals surface area contributed by atoms with Crippen molar-refractivity contribution in [1.29, 1.82) is 0 Å². The van der Waals surface area contributed by atoms with Gasteiger partial charge in [0.1, 0.15) is 11.4 Å². The van der Waals surface area contributed by atoms with Crippen molar-refractivity contribution >= 4 is 10.1 Å². The third-order valence-electron chi connectivity index (χ3n) is 4.49. The first kappa shape index (κ1) is 20.9. The van der Waals surface area contributed by atoms with E-state index in [2.05, 4.69) is 58.9 Å². The zero-order chi connectivity index (χ0) is 21.4. The van der Waals surface area contributed by atoms with Crippen LogP contribution in [0.15, 0.2) is 54.6 Å². The van der Waals surface area contributed by atoms with Crippen LogP contribution in [0.25, 0.3) is 16.9 Å². The number of fused-ring (bicyclic) bond motifs is 3. The molecule has 154 valence electrons. The minimum absolute atomic E-state index is 0.917. The van der Waals surface area contributed by atoms with Crippen LogP contribution in [0, 0.1) is 0 Å². The SMILES string of the molecule is COc1cccc2c1Cc1cc(-c3ccccc3)[n+](C)n1-2.O=S(=O)([O-])C(F)(F)F. The van der Waals surface area contributed by atoms with E-state index in [1.165, 1.54) is 28.2 Å². The lowest BCUT2D eigenvalue weighted by molar-refractivity contribution is -0.734. The van der Waals surface area contributed by atoms with Crippen molar-refractivity contribution in [1.82, 2.24) is 4.68 Å². The van der Waals surface area contributed by atoms with Crippen molar-refractivity contribution in [3.8, 4) is 22.7 Å². The van der Waals surface area contributed by atoms with Gasteiger partial charge in [-0.3, -0.25) is 0 Å². The second-order valence-electron chi connectivity index (χ2n) is 6.26. The Morgan fingerprint density at radius 2 is 1.72 bits per heavy atom. The third kappa shape index (κ3) is 3.99. The smallest absolute Gasteiger partial charge is 0.485 e. The summed E-state index contributed by atoms with van der Waals surface area (Å²) in [5.41, 5.74) is 0.619. The molecule has 0 radical (unpaired) electrons. The summed E-state index contributed by atoms with van der Waals surface area (Å²) in [6.45, 7) is 0. The molecule has 3 aromatic rings. The van der Waals surface area contributed by atoms with Gasteiger partial charge in [-0.1, -0.05) is 24.3 Å². The molecule has 0 bridgehead atoms. The number of hydrogen-bond donors (Lipinski definition) is 0. The molecule has 0 fully saturated rings. The standard InChI is InChI=1S/C18H17N2O.CHF3O3S/c1-19-17(13-7-4-3-5-8-13)12-14-11-15-16(20(14)19)9-6-10-18(15)21-2;2-1(3,4)8(5,6)7/h3-10,12H,11H2,1-2H3;(H,5,6,7)/q+1;/p-1. The summed E-state index contributed by atoms with van der Waals surface area (Å²) < 4.78 is 68.9.